The summed E-state index contributed by atoms with van der Waals surface area (Å²) in [6.07, 6.45) is 16.5. The van der Waals surface area contributed by atoms with E-state index in [1.807, 2.05) is 24.3 Å². The molecule has 1 N–H and O–H groups in total. The number of nitrogens with zero attached hydrogens (tertiary/aromatic N) is 2. The lowest BCUT2D eigenvalue weighted by molar-refractivity contribution is -0.524. The number of halogens is 1. The van der Waals surface area contributed by atoms with Gasteiger partial charge in [0.1, 0.15) is 19.2 Å². The van der Waals surface area contributed by atoms with E-state index in [-0.39, 0.29) is 40.3 Å². The van der Waals surface area contributed by atoms with Crippen molar-refractivity contribution in [3.8, 4) is 11.5 Å². The van der Waals surface area contributed by atoms with Gasteiger partial charge in [0.2, 0.25) is 0 Å². The van der Waals surface area contributed by atoms with E-state index >= 15 is 0 Å². The van der Waals surface area contributed by atoms with Gasteiger partial charge in [-0.3, -0.25) is 14.5 Å². The van der Waals surface area contributed by atoms with Gasteiger partial charge in [-0.1, -0.05) is 56.4 Å². The number of hydrogen-bond donors (Lipinski definition) is 1. The molecule has 0 saturated heterocycles. The summed E-state index contributed by atoms with van der Waals surface area (Å²) in [7, 11) is 1.69. The van der Waals surface area contributed by atoms with Crippen LogP contribution in [0, 0.1) is 0 Å². The van der Waals surface area contributed by atoms with Crippen molar-refractivity contribution in [2.75, 3.05) is 26.7 Å². The largest absolute Gasteiger partial charge is 1.00 e. The van der Waals surface area contributed by atoms with Gasteiger partial charge in [0.05, 0.1) is 29.8 Å². The number of methoxy groups -OCH3 is 1. The third-order valence-electron chi connectivity index (χ3n) is 9.33. The fourth-order valence-electron chi connectivity index (χ4n) is 7.11. The molecule has 3 aliphatic heterocycles. The summed E-state index contributed by atoms with van der Waals surface area (Å²) >= 11 is 0. The van der Waals surface area contributed by atoms with Gasteiger partial charge in [-0.2, -0.15) is 0 Å². The molecule has 224 valence electrons. The Morgan fingerprint density at radius 1 is 0.976 bits per heavy atom. The van der Waals surface area contributed by atoms with E-state index in [1.165, 1.54) is 41.7 Å². The predicted molar refractivity (Wildman–Crippen MR) is 157 cm³/mol. The number of aliphatic hydroxyl groups is 1. The highest BCUT2D eigenvalue weighted by molar-refractivity contribution is 6.21. The molecule has 4 aliphatic rings. The third-order valence-corrected chi connectivity index (χ3v) is 9.33. The normalized spacial score (nSPS) is 23.4. The molecule has 3 heterocycles. The number of hydrogen-bond acceptors (Lipinski definition) is 5. The highest BCUT2D eigenvalue weighted by Gasteiger charge is 2.53. The summed E-state index contributed by atoms with van der Waals surface area (Å²) < 4.78 is 14.5. The smallest absolute Gasteiger partial charge is 0.261 e. The maximum absolute atomic E-state index is 12.5. The zero-order valence-electron chi connectivity index (χ0n) is 24.4. The second-order valence-electron chi connectivity index (χ2n) is 11.9. The van der Waals surface area contributed by atoms with E-state index < -0.39 is 6.10 Å². The molecule has 8 heteroatoms. The number of ether oxygens (including phenoxy) is 2. The molecule has 1 aliphatic carbocycles. The van der Waals surface area contributed by atoms with Crippen LogP contribution in [0.25, 0.3) is 0 Å². The van der Waals surface area contributed by atoms with Crippen LogP contribution in [0.2, 0.25) is 0 Å². The topological polar surface area (TPSA) is 79.1 Å². The first-order chi connectivity index (χ1) is 20.0. The lowest BCUT2D eigenvalue weighted by Crippen LogP contribution is -3.00. The minimum atomic E-state index is -0.464. The van der Waals surface area contributed by atoms with Gasteiger partial charge in [0.15, 0.2) is 17.7 Å². The van der Waals surface area contributed by atoms with Crippen LogP contribution in [0.15, 0.2) is 48.6 Å². The van der Waals surface area contributed by atoms with Crippen LogP contribution in [0.1, 0.15) is 96.1 Å². The lowest BCUT2D eigenvalue weighted by atomic mass is 9.69. The average Bonchev–Trinajstić information content (AvgIpc) is 3.37. The Hall–Kier alpha value is -2.97. The molecular formula is C34H41BrN2O5. The Bertz CT molecular complexity index is 1350. The fourth-order valence-corrected chi connectivity index (χ4v) is 7.11. The average molecular weight is 638 g/mol. The van der Waals surface area contributed by atoms with Crippen molar-refractivity contribution >= 4 is 18.0 Å². The number of carbonyl (C=O) groups excluding carboxylic acids is 2. The van der Waals surface area contributed by atoms with E-state index in [0.717, 1.165) is 56.7 Å². The van der Waals surface area contributed by atoms with Gasteiger partial charge in [0.25, 0.3) is 11.8 Å². The number of benzene rings is 2. The van der Waals surface area contributed by atoms with Gasteiger partial charge < -0.3 is 31.6 Å². The van der Waals surface area contributed by atoms with E-state index in [2.05, 4.69) is 22.9 Å². The van der Waals surface area contributed by atoms with Crippen molar-refractivity contribution in [3.05, 3.63) is 70.8 Å². The molecule has 7 nitrogen and oxygen atoms in total. The molecule has 0 fully saturated rings. The van der Waals surface area contributed by atoms with Gasteiger partial charge in [0, 0.05) is 36.9 Å². The van der Waals surface area contributed by atoms with Crippen LogP contribution in [-0.2, 0) is 5.41 Å². The molecule has 2 amide bonds. The molecule has 0 saturated carbocycles. The van der Waals surface area contributed by atoms with Crippen molar-refractivity contribution in [1.82, 2.24) is 4.90 Å². The Labute approximate surface area is 259 Å². The monoisotopic (exact) mass is 636 g/mol. The van der Waals surface area contributed by atoms with Crippen molar-refractivity contribution in [2.45, 2.75) is 81.8 Å². The number of amides is 2. The molecule has 0 aromatic heterocycles. The molecule has 2 aromatic carbocycles. The summed E-state index contributed by atoms with van der Waals surface area (Å²) in [4.78, 5) is 26.4. The van der Waals surface area contributed by atoms with Gasteiger partial charge in [-0.05, 0) is 37.1 Å². The van der Waals surface area contributed by atoms with E-state index in [9.17, 15) is 14.7 Å². The standard InChI is InChI=1S/C34H41N2O5.BrH/c1-40-28-15-14-24-23-35(21-18-34-17-16-25(37)22-29(34)41-31(28)30(24)34)19-10-6-4-2-3-5-7-11-20-36-32(38)26-12-8-9-13-27(26)33(36)39;/h8-9,12-17,23,25,29,37H,2-7,10-11,18-22H2,1H3;1H/q+1;/p-1/t25-,29-,34+;/m0./s1. The van der Waals surface area contributed by atoms with Crippen LogP contribution in [-0.4, -0.2) is 71.6 Å². The maximum atomic E-state index is 12.5. The van der Waals surface area contributed by atoms with Crippen LogP contribution in [0.5, 0.6) is 11.5 Å². The Kier molecular flexibility index (Phi) is 9.53. The maximum Gasteiger partial charge on any atom is 0.261 e. The van der Waals surface area contributed by atoms with Crippen molar-refractivity contribution in [1.29, 1.82) is 0 Å². The Balaban J connectivity index is 0.00000353. The second kappa shape index (κ2) is 13.1. The third kappa shape index (κ3) is 5.68. The number of imide groups is 1. The van der Waals surface area contributed by atoms with Crippen molar-refractivity contribution < 1.29 is 45.7 Å². The number of fused-ring (bicyclic) bond motifs is 1. The van der Waals surface area contributed by atoms with E-state index in [0.29, 0.717) is 24.1 Å². The Morgan fingerprint density at radius 3 is 2.33 bits per heavy atom. The van der Waals surface area contributed by atoms with Crippen molar-refractivity contribution in [3.63, 3.8) is 0 Å². The van der Waals surface area contributed by atoms with Crippen LogP contribution >= 0.6 is 0 Å². The quantitative estimate of drug-likeness (QED) is 0.167. The highest BCUT2D eigenvalue weighted by Crippen LogP contribution is 2.54. The minimum Gasteiger partial charge on any atom is -1.00 e. The molecule has 42 heavy (non-hydrogen) atoms. The molecule has 1 spiro atoms. The van der Waals surface area contributed by atoms with Crippen LogP contribution in [0.4, 0.5) is 0 Å². The minimum absolute atomic E-state index is 0. The van der Waals surface area contributed by atoms with E-state index in [1.54, 1.807) is 19.2 Å². The van der Waals surface area contributed by atoms with Crippen LogP contribution in [0.3, 0.4) is 0 Å². The number of unbranched alkanes of at least 4 members (excludes halogenated alkanes) is 7. The summed E-state index contributed by atoms with van der Waals surface area (Å²) in [6, 6.07) is 11.3. The number of rotatable bonds is 12. The molecular weight excluding hydrogens is 596 g/mol. The number of carbonyl (C=O) groups is 2. The summed E-state index contributed by atoms with van der Waals surface area (Å²) in [6.45, 7) is 2.51. The molecule has 0 unspecified atom stereocenters. The first-order valence-electron chi connectivity index (χ1n) is 15.3. The predicted octanol–water partition coefficient (Wildman–Crippen LogP) is 2.27. The summed E-state index contributed by atoms with van der Waals surface area (Å²) in [5.41, 5.74) is 3.29. The molecule has 0 radical (unpaired) electrons. The zero-order valence-corrected chi connectivity index (χ0v) is 26.0. The zero-order chi connectivity index (χ0) is 28.4. The van der Waals surface area contributed by atoms with Crippen molar-refractivity contribution in [2.24, 2.45) is 0 Å². The first kappa shape index (κ1) is 30.5. The lowest BCUT2D eigenvalue weighted by Gasteiger charge is -2.34. The molecule has 3 atom stereocenters. The van der Waals surface area contributed by atoms with Gasteiger partial charge in [-0.25, -0.2) is 4.58 Å². The fraction of sp³-hybridized carbons (Fsp3) is 0.500. The first-order valence-corrected chi connectivity index (χ1v) is 15.3. The molecule has 2 aromatic rings. The molecule has 6 rings (SSSR count). The van der Waals surface area contributed by atoms with Gasteiger partial charge >= 0.3 is 0 Å². The Morgan fingerprint density at radius 2 is 1.64 bits per heavy atom. The van der Waals surface area contributed by atoms with Gasteiger partial charge in [-0.15, -0.1) is 0 Å². The summed E-state index contributed by atoms with van der Waals surface area (Å²) in [5, 5.41) is 10.3. The highest BCUT2D eigenvalue weighted by atomic mass is 79.9. The SMILES string of the molecule is COc1ccc2c3c1O[C@H]1C[C@@H](O)C=C[C@]31CC[N+](CCCCCCCCCCN1C(=O)c3ccccc3C1=O)=C2.[Br-]. The molecule has 0 bridgehead atoms. The van der Waals surface area contributed by atoms with E-state index in [4.69, 9.17) is 9.47 Å². The van der Waals surface area contributed by atoms with Crippen LogP contribution < -0.4 is 26.5 Å². The summed E-state index contributed by atoms with van der Waals surface area (Å²) in [5.74, 6) is 1.32. The second-order valence-corrected chi connectivity index (χ2v) is 11.9. The number of aliphatic hydroxyl groups excluding tert-OH is 1.